The first-order valence-electron chi connectivity index (χ1n) is 7.51. The van der Waals surface area contributed by atoms with Gasteiger partial charge in [0.1, 0.15) is 0 Å². The minimum Gasteiger partial charge on any atom is -0.313 e. The summed E-state index contributed by atoms with van der Waals surface area (Å²) < 4.78 is 1.90. The van der Waals surface area contributed by atoms with Crippen molar-refractivity contribution >= 4 is 0 Å². The van der Waals surface area contributed by atoms with Crippen molar-refractivity contribution in [1.82, 2.24) is 15.1 Å². The molecule has 0 spiro atoms. The molecule has 1 aromatic carbocycles. The van der Waals surface area contributed by atoms with Crippen LogP contribution in [0, 0.1) is 5.92 Å². The van der Waals surface area contributed by atoms with Crippen molar-refractivity contribution < 1.29 is 0 Å². The van der Waals surface area contributed by atoms with Crippen LogP contribution in [-0.2, 0) is 19.9 Å². The van der Waals surface area contributed by atoms with Crippen LogP contribution in [0.4, 0.5) is 0 Å². The first-order chi connectivity index (χ1) is 9.78. The standard InChI is InChI=1S/C17H23N3/c1-18-17-14(12-15-10-11-20(2)19-15)8-5-7-13-6-3-4-9-16(13)17/h3-4,6,9-11,14,17-18H,5,7-8,12H2,1-2H3. The van der Waals surface area contributed by atoms with Crippen molar-refractivity contribution in [3.8, 4) is 0 Å². The van der Waals surface area contributed by atoms with Crippen molar-refractivity contribution in [3.63, 3.8) is 0 Å². The maximum absolute atomic E-state index is 4.55. The predicted octanol–water partition coefficient (Wildman–Crippen LogP) is 2.88. The number of hydrogen-bond donors (Lipinski definition) is 1. The number of hydrogen-bond acceptors (Lipinski definition) is 2. The van der Waals surface area contributed by atoms with Gasteiger partial charge in [-0.25, -0.2) is 0 Å². The largest absolute Gasteiger partial charge is 0.313 e. The molecule has 0 fully saturated rings. The molecule has 3 nitrogen and oxygen atoms in total. The second kappa shape index (κ2) is 5.80. The number of nitrogens with one attached hydrogen (secondary N) is 1. The van der Waals surface area contributed by atoms with E-state index in [9.17, 15) is 0 Å². The summed E-state index contributed by atoms with van der Waals surface area (Å²) in [4.78, 5) is 0. The highest BCUT2D eigenvalue weighted by Crippen LogP contribution is 2.34. The molecule has 0 radical (unpaired) electrons. The Morgan fingerprint density at radius 3 is 2.90 bits per heavy atom. The summed E-state index contributed by atoms with van der Waals surface area (Å²) >= 11 is 0. The first-order valence-corrected chi connectivity index (χ1v) is 7.51. The van der Waals surface area contributed by atoms with Crippen LogP contribution >= 0.6 is 0 Å². The van der Waals surface area contributed by atoms with Gasteiger partial charge in [0.2, 0.25) is 0 Å². The fourth-order valence-corrected chi connectivity index (χ4v) is 3.49. The van der Waals surface area contributed by atoms with E-state index in [0.717, 1.165) is 6.42 Å². The molecule has 0 amide bonds. The lowest BCUT2D eigenvalue weighted by Gasteiger charge is -2.26. The molecule has 2 unspecified atom stereocenters. The van der Waals surface area contributed by atoms with Crippen LogP contribution < -0.4 is 5.32 Å². The minimum atomic E-state index is 0.440. The maximum atomic E-state index is 4.55. The number of rotatable bonds is 3. The fourth-order valence-electron chi connectivity index (χ4n) is 3.49. The number of nitrogens with zero attached hydrogens (tertiary/aromatic N) is 2. The highest BCUT2D eigenvalue weighted by molar-refractivity contribution is 5.32. The molecule has 3 heteroatoms. The Hall–Kier alpha value is -1.61. The Morgan fingerprint density at radius 2 is 2.15 bits per heavy atom. The van der Waals surface area contributed by atoms with E-state index in [0.29, 0.717) is 12.0 Å². The molecule has 1 N–H and O–H groups in total. The zero-order valence-corrected chi connectivity index (χ0v) is 12.3. The normalized spacial score (nSPS) is 22.3. The molecule has 2 atom stereocenters. The van der Waals surface area contributed by atoms with Crippen molar-refractivity contribution in [2.75, 3.05) is 7.05 Å². The number of benzene rings is 1. The Morgan fingerprint density at radius 1 is 1.30 bits per heavy atom. The third-order valence-electron chi connectivity index (χ3n) is 4.43. The number of aryl methyl sites for hydroxylation is 2. The number of fused-ring (bicyclic) bond motifs is 1. The zero-order valence-electron chi connectivity index (χ0n) is 12.3. The highest BCUT2D eigenvalue weighted by Gasteiger charge is 2.27. The van der Waals surface area contributed by atoms with Crippen LogP contribution in [-0.4, -0.2) is 16.8 Å². The highest BCUT2D eigenvalue weighted by atomic mass is 15.2. The van der Waals surface area contributed by atoms with E-state index in [1.807, 2.05) is 17.9 Å². The van der Waals surface area contributed by atoms with Crippen LogP contribution in [0.25, 0.3) is 0 Å². The lowest BCUT2D eigenvalue weighted by atomic mass is 9.87. The van der Waals surface area contributed by atoms with Gasteiger partial charge in [-0.05, 0) is 55.8 Å². The molecule has 1 aliphatic rings. The SMILES string of the molecule is CNC1c2ccccc2CCCC1Cc1ccn(C)n1. The zero-order chi connectivity index (χ0) is 13.9. The van der Waals surface area contributed by atoms with E-state index in [-0.39, 0.29) is 0 Å². The molecule has 20 heavy (non-hydrogen) atoms. The van der Waals surface area contributed by atoms with Gasteiger partial charge in [0.05, 0.1) is 5.69 Å². The summed E-state index contributed by atoms with van der Waals surface area (Å²) in [6, 6.07) is 11.5. The first kappa shape index (κ1) is 13.4. The number of aromatic nitrogens is 2. The van der Waals surface area contributed by atoms with Gasteiger partial charge in [0.15, 0.2) is 0 Å². The molecule has 0 aliphatic heterocycles. The summed E-state index contributed by atoms with van der Waals surface area (Å²) in [5.74, 6) is 0.624. The van der Waals surface area contributed by atoms with Gasteiger partial charge in [-0.2, -0.15) is 5.10 Å². The van der Waals surface area contributed by atoms with Gasteiger partial charge < -0.3 is 5.32 Å². The summed E-state index contributed by atoms with van der Waals surface area (Å²) in [6.45, 7) is 0. The summed E-state index contributed by atoms with van der Waals surface area (Å²) in [5.41, 5.74) is 4.20. The molecule has 0 saturated carbocycles. The molecular weight excluding hydrogens is 246 g/mol. The molecule has 1 heterocycles. The third kappa shape index (κ3) is 2.63. The summed E-state index contributed by atoms with van der Waals surface area (Å²) in [5, 5.41) is 8.09. The van der Waals surface area contributed by atoms with E-state index in [1.165, 1.54) is 36.1 Å². The smallest absolute Gasteiger partial charge is 0.0627 e. The lowest BCUT2D eigenvalue weighted by Crippen LogP contribution is -2.26. The quantitative estimate of drug-likeness (QED) is 0.868. The Bertz CT molecular complexity index is 573. The van der Waals surface area contributed by atoms with E-state index >= 15 is 0 Å². The van der Waals surface area contributed by atoms with Gasteiger partial charge in [-0.1, -0.05) is 24.3 Å². The van der Waals surface area contributed by atoms with E-state index in [2.05, 4.69) is 47.8 Å². The van der Waals surface area contributed by atoms with Crippen molar-refractivity contribution in [3.05, 3.63) is 53.3 Å². The average molecular weight is 269 g/mol. The van der Waals surface area contributed by atoms with Crippen molar-refractivity contribution in [2.45, 2.75) is 31.7 Å². The summed E-state index contributed by atoms with van der Waals surface area (Å²) in [7, 11) is 4.07. The average Bonchev–Trinajstić information content (AvgIpc) is 2.78. The van der Waals surface area contributed by atoms with E-state index in [4.69, 9.17) is 0 Å². The molecule has 3 rings (SSSR count). The summed E-state index contributed by atoms with van der Waals surface area (Å²) in [6.07, 6.45) is 6.82. The van der Waals surface area contributed by atoms with E-state index in [1.54, 1.807) is 0 Å². The van der Waals surface area contributed by atoms with Gasteiger partial charge in [-0.15, -0.1) is 0 Å². The minimum absolute atomic E-state index is 0.440. The molecule has 106 valence electrons. The fraction of sp³-hybridized carbons (Fsp3) is 0.471. The second-order valence-electron chi connectivity index (χ2n) is 5.80. The molecule has 1 aliphatic carbocycles. The molecule has 0 bridgehead atoms. The molecule has 0 saturated heterocycles. The van der Waals surface area contributed by atoms with Crippen LogP contribution in [0.3, 0.4) is 0 Å². The second-order valence-corrected chi connectivity index (χ2v) is 5.80. The van der Waals surface area contributed by atoms with Crippen molar-refractivity contribution in [1.29, 1.82) is 0 Å². The van der Waals surface area contributed by atoms with Crippen LogP contribution in [0.2, 0.25) is 0 Å². The van der Waals surface area contributed by atoms with Gasteiger partial charge in [0, 0.05) is 19.3 Å². The third-order valence-corrected chi connectivity index (χ3v) is 4.43. The van der Waals surface area contributed by atoms with Crippen LogP contribution in [0.5, 0.6) is 0 Å². The van der Waals surface area contributed by atoms with Crippen LogP contribution in [0.15, 0.2) is 36.5 Å². The van der Waals surface area contributed by atoms with Crippen molar-refractivity contribution in [2.24, 2.45) is 13.0 Å². The Labute approximate surface area is 121 Å². The Kier molecular flexibility index (Phi) is 3.88. The topological polar surface area (TPSA) is 29.9 Å². The molecule has 1 aromatic heterocycles. The van der Waals surface area contributed by atoms with Gasteiger partial charge in [0.25, 0.3) is 0 Å². The monoisotopic (exact) mass is 269 g/mol. The Balaban J connectivity index is 1.87. The molecular formula is C17H23N3. The predicted molar refractivity (Wildman–Crippen MR) is 81.6 cm³/mol. The lowest BCUT2D eigenvalue weighted by molar-refractivity contribution is 0.355. The van der Waals surface area contributed by atoms with Gasteiger partial charge in [-0.3, -0.25) is 4.68 Å². The van der Waals surface area contributed by atoms with Crippen LogP contribution in [0.1, 0.15) is 35.7 Å². The van der Waals surface area contributed by atoms with E-state index < -0.39 is 0 Å². The maximum Gasteiger partial charge on any atom is 0.0627 e. The molecule has 2 aromatic rings. The van der Waals surface area contributed by atoms with Gasteiger partial charge >= 0.3 is 0 Å².